The quantitative estimate of drug-likeness (QED) is 0.161. The zero-order valence-electron chi connectivity index (χ0n) is 21.2. The van der Waals surface area contributed by atoms with E-state index in [0.717, 1.165) is 17.7 Å². The first kappa shape index (κ1) is 28.3. The third-order valence-electron chi connectivity index (χ3n) is 6.61. The fourth-order valence-corrected chi connectivity index (χ4v) is 4.78. The molecule has 0 aromatic heterocycles. The Balaban J connectivity index is 1.40. The second kappa shape index (κ2) is 11.7. The first-order valence-corrected chi connectivity index (χ1v) is 12.8. The van der Waals surface area contributed by atoms with Crippen molar-refractivity contribution in [3.05, 3.63) is 124 Å². The van der Waals surface area contributed by atoms with Gasteiger partial charge in [0.25, 0.3) is 0 Å². The predicted octanol–water partition coefficient (Wildman–Crippen LogP) is 8.48. The Hall–Kier alpha value is -4.24. The number of carbonyl (C=O) groups excluding carboxylic acids is 1. The van der Waals surface area contributed by atoms with Crippen LogP contribution in [-0.4, -0.2) is 18.0 Å². The Labute approximate surface area is 237 Å². The van der Waals surface area contributed by atoms with Crippen molar-refractivity contribution in [3.63, 3.8) is 0 Å². The fraction of sp³-hybridized carbons (Fsp3) is 0.161. The molecule has 4 aromatic carbocycles. The van der Waals surface area contributed by atoms with Gasteiger partial charge < -0.3 is 9.47 Å². The molecule has 4 aromatic rings. The number of ether oxygens (including phenoxy) is 2. The van der Waals surface area contributed by atoms with Crippen molar-refractivity contribution in [2.45, 2.75) is 25.4 Å². The van der Waals surface area contributed by atoms with Gasteiger partial charge in [-0.3, -0.25) is 9.79 Å². The van der Waals surface area contributed by atoms with Gasteiger partial charge in [0.05, 0.1) is 17.5 Å². The lowest BCUT2D eigenvalue weighted by atomic mass is 9.90. The van der Waals surface area contributed by atoms with Gasteiger partial charge in [0.15, 0.2) is 0 Å². The molecule has 0 saturated carbocycles. The highest BCUT2D eigenvalue weighted by atomic mass is 35.5. The van der Waals surface area contributed by atoms with Crippen LogP contribution in [0.25, 0.3) is 11.1 Å². The maximum absolute atomic E-state index is 14.6. The standard InChI is InChI=1S/C31H21ClF5NO3/c32-22-12-4-18(5-13-22)17-40-30(39)24-16-27(28-25(33)2-1-3-26(28)34)38-29(24)21-8-6-19(7-9-21)20-10-14-23(15-11-20)41-31(35,36)37/h1-15,24,29H,16-17H2. The SMILES string of the molecule is O=C(OCc1ccc(Cl)cc1)C1CC(c2c(F)cccc2F)=NC1c1ccc(-c2ccc(OC(F)(F)F)cc2)cc1. The van der Waals surface area contributed by atoms with Crippen LogP contribution in [0, 0.1) is 17.6 Å². The second-order valence-corrected chi connectivity index (χ2v) is 9.79. The number of aliphatic imine (C=N–C) groups is 1. The number of hydrogen-bond donors (Lipinski definition) is 0. The lowest BCUT2D eigenvalue weighted by molar-refractivity contribution is -0.274. The molecule has 4 nitrogen and oxygen atoms in total. The number of alkyl halides is 3. The molecule has 0 spiro atoms. The van der Waals surface area contributed by atoms with Crippen LogP contribution < -0.4 is 4.74 Å². The maximum Gasteiger partial charge on any atom is 0.573 e. The summed E-state index contributed by atoms with van der Waals surface area (Å²) in [6.07, 6.45) is -4.83. The monoisotopic (exact) mass is 585 g/mol. The minimum atomic E-state index is -4.79. The normalized spacial score (nSPS) is 16.8. The van der Waals surface area contributed by atoms with E-state index in [0.29, 0.717) is 21.7 Å². The molecule has 41 heavy (non-hydrogen) atoms. The van der Waals surface area contributed by atoms with E-state index in [-0.39, 0.29) is 30.1 Å². The number of esters is 1. The van der Waals surface area contributed by atoms with Crippen LogP contribution in [-0.2, 0) is 16.1 Å². The van der Waals surface area contributed by atoms with Crippen molar-refractivity contribution in [1.82, 2.24) is 0 Å². The van der Waals surface area contributed by atoms with E-state index in [1.165, 1.54) is 30.3 Å². The smallest absolute Gasteiger partial charge is 0.461 e. The van der Waals surface area contributed by atoms with E-state index in [4.69, 9.17) is 16.3 Å². The van der Waals surface area contributed by atoms with Gasteiger partial charge in [0, 0.05) is 17.2 Å². The van der Waals surface area contributed by atoms with Crippen molar-refractivity contribution in [2.24, 2.45) is 10.9 Å². The molecule has 2 unspecified atom stereocenters. The van der Waals surface area contributed by atoms with Crippen LogP contribution in [0.15, 0.2) is 96.0 Å². The molecular formula is C31H21ClF5NO3. The molecule has 0 bridgehead atoms. The van der Waals surface area contributed by atoms with Crippen LogP contribution in [0.1, 0.15) is 29.2 Å². The molecule has 210 valence electrons. The first-order chi connectivity index (χ1) is 19.6. The van der Waals surface area contributed by atoms with E-state index >= 15 is 0 Å². The largest absolute Gasteiger partial charge is 0.573 e. The summed E-state index contributed by atoms with van der Waals surface area (Å²) in [6.45, 7) is -0.0183. The van der Waals surface area contributed by atoms with E-state index in [1.54, 1.807) is 48.5 Å². The molecule has 0 fully saturated rings. The lowest BCUT2D eigenvalue weighted by Gasteiger charge is -2.18. The predicted molar refractivity (Wildman–Crippen MR) is 144 cm³/mol. The zero-order chi connectivity index (χ0) is 29.1. The van der Waals surface area contributed by atoms with Crippen LogP contribution in [0.5, 0.6) is 5.75 Å². The molecular weight excluding hydrogens is 565 g/mol. The minimum Gasteiger partial charge on any atom is -0.461 e. The summed E-state index contributed by atoms with van der Waals surface area (Å²) in [5.74, 6) is -3.34. The highest BCUT2D eigenvalue weighted by Crippen LogP contribution is 2.39. The topological polar surface area (TPSA) is 47.9 Å². The molecule has 0 N–H and O–H groups in total. The number of carbonyl (C=O) groups is 1. The average Bonchev–Trinajstić information content (AvgIpc) is 3.37. The van der Waals surface area contributed by atoms with Crippen molar-refractivity contribution < 1.29 is 36.2 Å². The summed E-state index contributed by atoms with van der Waals surface area (Å²) in [7, 11) is 0. The van der Waals surface area contributed by atoms with E-state index < -0.39 is 35.9 Å². The fourth-order valence-electron chi connectivity index (χ4n) is 4.65. The van der Waals surface area contributed by atoms with Crippen LogP contribution >= 0.6 is 11.6 Å². The van der Waals surface area contributed by atoms with E-state index in [9.17, 15) is 26.7 Å². The summed E-state index contributed by atoms with van der Waals surface area (Å²) >= 11 is 5.91. The highest BCUT2D eigenvalue weighted by molar-refractivity contribution is 6.30. The van der Waals surface area contributed by atoms with Crippen molar-refractivity contribution in [1.29, 1.82) is 0 Å². The van der Waals surface area contributed by atoms with Gasteiger partial charge in [-0.25, -0.2) is 8.78 Å². The number of hydrogen-bond acceptors (Lipinski definition) is 4. The van der Waals surface area contributed by atoms with Gasteiger partial charge in [-0.05, 0) is 58.7 Å². The Morgan fingerprint density at radius 1 is 0.854 bits per heavy atom. The molecule has 0 saturated heterocycles. The van der Waals surface area contributed by atoms with E-state index in [1.807, 2.05) is 0 Å². The third-order valence-corrected chi connectivity index (χ3v) is 6.86. The summed E-state index contributed by atoms with van der Waals surface area (Å²) in [4.78, 5) is 17.8. The van der Waals surface area contributed by atoms with Crippen LogP contribution in [0.2, 0.25) is 5.02 Å². The molecule has 2 atom stereocenters. The van der Waals surface area contributed by atoms with Crippen LogP contribution in [0.4, 0.5) is 22.0 Å². The molecule has 1 aliphatic heterocycles. The van der Waals surface area contributed by atoms with Gasteiger partial charge in [-0.1, -0.05) is 66.2 Å². The summed E-state index contributed by atoms with van der Waals surface area (Å²) < 4.78 is 76.1. The summed E-state index contributed by atoms with van der Waals surface area (Å²) in [6, 6.07) is 21.8. The molecule has 10 heteroatoms. The average molecular weight is 586 g/mol. The van der Waals surface area contributed by atoms with Crippen molar-refractivity contribution in [3.8, 4) is 16.9 Å². The Kier molecular flexibility index (Phi) is 8.08. The zero-order valence-corrected chi connectivity index (χ0v) is 21.9. The number of benzene rings is 4. The van der Waals surface area contributed by atoms with Gasteiger partial charge in [-0.15, -0.1) is 13.2 Å². The number of rotatable bonds is 7. The number of nitrogens with zero attached hydrogens (tertiary/aromatic N) is 1. The summed E-state index contributed by atoms with van der Waals surface area (Å²) in [5, 5.41) is 0.537. The maximum atomic E-state index is 14.6. The molecule has 0 radical (unpaired) electrons. The molecule has 0 aliphatic carbocycles. The molecule has 0 amide bonds. The molecule has 1 heterocycles. The van der Waals surface area contributed by atoms with E-state index in [2.05, 4.69) is 9.73 Å². The lowest BCUT2D eigenvalue weighted by Crippen LogP contribution is -2.22. The Bertz CT molecular complexity index is 1550. The molecule has 5 rings (SSSR count). The van der Waals surface area contributed by atoms with Gasteiger partial charge >= 0.3 is 12.3 Å². The Morgan fingerprint density at radius 3 is 2.02 bits per heavy atom. The van der Waals surface area contributed by atoms with Crippen molar-refractivity contribution in [2.75, 3.05) is 0 Å². The highest BCUT2D eigenvalue weighted by Gasteiger charge is 2.39. The minimum absolute atomic E-state index is 0.0183. The second-order valence-electron chi connectivity index (χ2n) is 9.36. The van der Waals surface area contributed by atoms with Crippen molar-refractivity contribution >= 4 is 23.3 Å². The van der Waals surface area contributed by atoms with Gasteiger partial charge in [0.2, 0.25) is 0 Å². The molecule has 1 aliphatic rings. The Morgan fingerprint density at radius 2 is 1.44 bits per heavy atom. The van der Waals surface area contributed by atoms with Crippen LogP contribution in [0.3, 0.4) is 0 Å². The first-order valence-electron chi connectivity index (χ1n) is 12.5. The third kappa shape index (κ3) is 6.74. The van der Waals surface area contributed by atoms with Gasteiger partial charge in [-0.2, -0.15) is 0 Å². The van der Waals surface area contributed by atoms with Gasteiger partial charge in [0.1, 0.15) is 24.0 Å². The summed E-state index contributed by atoms with van der Waals surface area (Å²) in [5.41, 5.74) is 2.47. The number of halogens is 6.